The molecule has 0 amide bonds. The first-order chi connectivity index (χ1) is 23.7. The van der Waals surface area contributed by atoms with Crippen LogP contribution in [0.5, 0.6) is 0 Å². The summed E-state index contributed by atoms with van der Waals surface area (Å²) in [6.07, 6.45) is 1.91. The number of hydrogen-bond donors (Lipinski definition) is 0. The first-order valence-corrected chi connectivity index (χ1v) is 16.6. The van der Waals surface area contributed by atoms with Gasteiger partial charge in [0.2, 0.25) is 0 Å². The molecule has 2 aromatic heterocycles. The van der Waals surface area contributed by atoms with Gasteiger partial charge in [0, 0.05) is 38.5 Å². The summed E-state index contributed by atoms with van der Waals surface area (Å²) in [5.74, 6) is 0.854. The summed E-state index contributed by atoms with van der Waals surface area (Å²) in [5, 5.41) is 6.15. The molecule has 0 spiro atoms. The van der Waals surface area contributed by atoms with Crippen LogP contribution < -0.4 is 10.1 Å². The summed E-state index contributed by atoms with van der Waals surface area (Å²) in [7, 11) is 1.97. The number of benzene rings is 6. The molecule has 1 N–H and O–H groups in total. The van der Waals surface area contributed by atoms with Crippen LogP contribution in [0.3, 0.4) is 0 Å². The van der Waals surface area contributed by atoms with Crippen molar-refractivity contribution in [2.45, 2.75) is 9.79 Å². The van der Waals surface area contributed by atoms with E-state index in [1.54, 1.807) is 11.8 Å². The van der Waals surface area contributed by atoms with E-state index < -0.39 is 0 Å². The Kier molecular flexibility index (Phi) is 8.30. The predicted molar refractivity (Wildman–Crippen MR) is 196 cm³/mol. The van der Waals surface area contributed by atoms with Gasteiger partial charge in [-0.3, -0.25) is 0 Å². The summed E-state index contributed by atoms with van der Waals surface area (Å²) in [5.41, 5.74) is 9.75. The number of nitrogens with zero attached hydrogens (tertiary/aromatic N) is 4. The Bertz CT molecular complexity index is 2460. The Labute approximate surface area is 303 Å². The molecule has 0 atom stereocenters. The topological polar surface area (TPSA) is 37.1 Å². The summed E-state index contributed by atoms with van der Waals surface area (Å²) in [4.78, 5) is 11.7. The van der Waals surface area contributed by atoms with Crippen LogP contribution in [0.4, 0.5) is 17.1 Å². The van der Waals surface area contributed by atoms with E-state index in [1.807, 2.05) is 41.6 Å². The van der Waals surface area contributed by atoms with Gasteiger partial charge in [0.15, 0.2) is 0 Å². The second-order valence-electron chi connectivity index (χ2n) is 11.7. The number of rotatable bonds is 6. The van der Waals surface area contributed by atoms with Crippen molar-refractivity contribution in [3.05, 3.63) is 164 Å². The van der Waals surface area contributed by atoms with Crippen molar-refractivity contribution in [2.24, 2.45) is 0 Å². The average Bonchev–Trinajstić information content (AvgIpc) is 3.66. The maximum absolute atomic E-state index is 4.91. The van der Waals surface area contributed by atoms with Gasteiger partial charge in [-0.05, 0) is 58.0 Å². The third-order valence-electron chi connectivity index (χ3n) is 8.74. The van der Waals surface area contributed by atoms with Crippen LogP contribution in [0, 0.1) is 12.1 Å². The van der Waals surface area contributed by atoms with Crippen molar-refractivity contribution in [3.63, 3.8) is 0 Å². The summed E-state index contributed by atoms with van der Waals surface area (Å²) in [6.45, 7) is 0. The third-order valence-corrected chi connectivity index (χ3v) is 9.65. The first-order valence-electron chi connectivity index (χ1n) is 15.8. The molecule has 0 saturated heterocycles. The molecule has 7 heteroatoms. The fourth-order valence-corrected chi connectivity index (χ4v) is 7.37. The molecule has 9 rings (SSSR count). The Balaban J connectivity index is 0.00000348. The zero-order valence-electron chi connectivity index (χ0n) is 26.4. The van der Waals surface area contributed by atoms with Crippen LogP contribution in [0.2, 0.25) is 0 Å². The molecule has 49 heavy (non-hydrogen) atoms. The van der Waals surface area contributed by atoms with Gasteiger partial charge in [-0.25, -0.2) is 4.98 Å². The molecule has 3 heterocycles. The maximum atomic E-state index is 4.91. The maximum Gasteiger partial charge on any atom is 0.145 e. The summed E-state index contributed by atoms with van der Waals surface area (Å²) >= 11 is 1.64. The van der Waals surface area contributed by atoms with Gasteiger partial charge in [-0.2, -0.15) is 29.2 Å². The Morgan fingerprint density at radius 3 is 2.18 bits per heavy atom. The number of aromatic nitrogens is 2. The Hall–Kier alpha value is -5.13. The number of fused-ring (bicyclic) bond motifs is 4. The fraction of sp³-hybridized carbons (Fsp3) is 0.0238. The minimum absolute atomic E-state index is 0. The van der Waals surface area contributed by atoms with E-state index in [-0.39, 0.29) is 21.1 Å². The normalized spacial score (nSPS) is 12.3. The van der Waals surface area contributed by atoms with Crippen LogP contribution in [-0.4, -0.2) is 21.5 Å². The Morgan fingerprint density at radius 2 is 1.33 bits per heavy atom. The molecular weight excluding hydrogens is 804 g/mol. The second-order valence-corrected chi connectivity index (χ2v) is 12.8. The molecule has 5 nitrogen and oxygen atoms in total. The minimum atomic E-state index is 0. The largest absolute Gasteiger partial charge is 0.319 e. The monoisotopic (exact) mass is 832 g/mol. The van der Waals surface area contributed by atoms with Crippen molar-refractivity contribution in [3.8, 4) is 28.1 Å². The number of para-hydroxylation sites is 3. The zero-order valence-corrected chi connectivity index (χ0v) is 29.5. The molecule has 0 unspecified atom stereocenters. The molecule has 1 aliphatic heterocycles. The number of pyridine rings is 1. The average molecular weight is 833 g/mol. The van der Waals surface area contributed by atoms with Crippen molar-refractivity contribution < 1.29 is 26.0 Å². The van der Waals surface area contributed by atoms with Gasteiger partial charge in [-0.15, -0.1) is 55.3 Å². The molecule has 0 bridgehead atoms. The van der Waals surface area contributed by atoms with Gasteiger partial charge >= 0.3 is 0 Å². The van der Waals surface area contributed by atoms with Gasteiger partial charge in [0.25, 0.3) is 0 Å². The van der Waals surface area contributed by atoms with E-state index in [2.05, 4.69) is 144 Å². The van der Waals surface area contributed by atoms with Crippen molar-refractivity contribution in [1.82, 2.24) is 9.55 Å². The van der Waals surface area contributed by atoms with Crippen molar-refractivity contribution >= 4 is 50.6 Å². The number of hydrogen-bond acceptors (Lipinski definition) is 4. The molecule has 0 radical (unpaired) electrons. The van der Waals surface area contributed by atoms with Gasteiger partial charge in [0.1, 0.15) is 17.2 Å². The summed E-state index contributed by atoms with van der Waals surface area (Å²) in [6, 6.07) is 58.0. The molecule has 8 aromatic rings. The van der Waals surface area contributed by atoms with E-state index in [0.717, 1.165) is 54.7 Å². The van der Waals surface area contributed by atoms with E-state index in [9.17, 15) is 0 Å². The number of hydroxylamine groups is 1. The van der Waals surface area contributed by atoms with E-state index >= 15 is 0 Å². The molecular formula is C42H29N4OPtS-. The molecule has 0 saturated carbocycles. The van der Waals surface area contributed by atoms with Crippen LogP contribution in [0.25, 0.3) is 49.9 Å². The third kappa shape index (κ3) is 5.62. The van der Waals surface area contributed by atoms with Crippen LogP contribution >= 0.6 is 11.8 Å². The van der Waals surface area contributed by atoms with E-state index in [0.29, 0.717) is 0 Å². The second kappa shape index (κ2) is 13.1. The molecule has 1 aliphatic rings. The van der Waals surface area contributed by atoms with Crippen molar-refractivity contribution in [1.29, 1.82) is 0 Å². The standard InChI is InChI=1S/C42H28N4OS.Pt/c1-44-39-20-9-10-21-40(39)46(47-44)31-14-11-15-32(27-31)48-33-22-23-37-36-18-7-8-19-38(36)45(41(37)28-33)42-26-30(24-25-43-42)35-17-6-5-16-34(35)29-12-3-2-4-13-29;/h2-26H,1H3;/q-2;/p+1. The van der Waals surface area contributed by atoms with Gasteiger partial charge in [0.05, 0.1) is 7.05 Å². The number of anilines is 3. The molecule has 0 aliphatic carbocycles. The van der Waals surface area contributed by atoms with E-state index in [1.165, 1.54) is 22.1 Å². The Morgan fingerprint density at radius 1 is 0.612 bits per heavy atom. The first kappa shape index (κ1) is 31.2. The quantitative estimate of drug-likeness (QED) is 0.124. The van der Waals surface area contributed by atoms with Crippen molar-refractivity contribution in [2.75, 3.05) is 17.2 Å². The van der Waals surface area contributed by atoms with E-state index in [4.69, 9.17) is 9.92 Å². The summed E-state index contributed by atoms with van der Waals surface area (Å²) < 4.78 is 2.24. The molecule has 240 valence electrons. The molecule has 0 fully saturated rings. The minimum Gasteiger partial charge on any atom is -0.319 e. The van der Waals surface area contributed by atoms with Crippen LogP contribution in [0.1, 0.15) is 0 Å². The van der Waals surface area contributed by atoms with Gasteiger partial charge in [-0.1, -0.05) is 90.4 Å². The van der Waals surface area contributed by atoms with Crippen LogP contribution in [0.15, 0.2) is 162 Å². The fourth-order valence-electron chi connectivity index (χ4n) is 6.55. The van der Waals surface area contributed by atoms with Crippen LogP contribution in [-0.2, 0) is 21.1 Å². The van der Waals surface area contributed by atoms with Gasteiger partial charge < -0.3 is 4.57 Å². The SMILES string of the molecule is CN1[OH+]N(c2[c-]c(Sc3[c-]c4c(cc3)c3ccccc3n4-c3cc(-c4ccccc4-c4ccccc4)ccn3)ccc2)c2ccccc21.[Pt]. The predicted octanol–water partition coefficient (Wildman–Crippen LogP) is 10.7. The smallest absolute Gasteiger partial charge is 0.145 e. The molecule has 6 aromatic carbocycles. The zero-order chi connectivity index (χ0) is 32.0.